The van der Waals surface area contributed by atoms with Gasteiger partial charge >= 0.3 is 0 Å². The van der Waals surface area contributed by atoms with Gasteiger partial charge in [0.15, 0.2) is 5.76 Å². The van der Waals surface area contributed by atoms with Crippen LogP contribution in [0.3, 0.4) is 0 Å². The fraction of sp³-hybridized carbons (Fsp3) is 0.0800. The first-order valence-corrected chi connectivity index (χ1v) is 11.0. The number of hydrogen-bond acceptors (Lipinski definition) is 5. The maximum atomic E-state index is 5.99. The van der Waals surface area contributed by atoms with Crippen LogP contribution in [0, 0.1) is 0 Å². The molecule has 3 heterocycles. The van der Waals surface area contributed by atoms with Crippen LogP contribution in [0.4, 0.5) is 0 Å². The number of benzene rings is 3. The third kappa shape index (κ3) is 3.31. The summed E-state index contributed by atoms with van der Waals surface area (Å²) >= 11 is 1.57. The summed E-state index contributed by atoms with van der Waals surface area (Å²) in [6.07, 6.45) is 0.793. The number of aromatic nitrogens is 4. The summed E-state index contributed by atoms with van der Waals surface area (Å²) in [6, 6.07) is 31.1. The summed E-state index contributed by atoms with van der Waals surface area (Å²) in [4.78, 5) is 0.769. The fourth-order valence-electron chi connectivity index (χ4n) is 3.96. The van der Waals surface area contributed by atoms with Crippen molar-refractivity contribution in [3.63, 3.8) is 0 Å². The quantitative estimate of drug-likeness (QED) is 0.343. The molecular formula is C25H18N4OS. The van der Waals surface area contributed by atoms with E-state index in [1.165, 1.54) is 11.1 Å². The molecule has 31 heavy (non-hydrogen) atoms. The highest BCUT2D eigenvalue weighted by Crippen LogP contribution is 2.32. The molecule has 0 spiro atoms. The summed E-state index contributed by atoms with van der Waals surface area (Å²) in [5.41, 5.74) is 3.38. The van der Waals surface area contributed by atoms with Crippen molar-refractivity contribution in [2.24, 2.45) is 0 Å². The molecule has 0 aliphatic carbocycles. The van der Waals surface area contributed by atoms with Crippen molar-refractivity contribution in [1.82, 2.24) is 19.8 Å². The number of furan rings is 1. The van der Waals surface area contributed by atoms with Crippen molar-refractivity contribution >= 4 is 27.3 Å². The zero-order valence-electron chi connectivity index (χ0n) is 16.6. The normalized spacial score (nSPS) is 11.6. The molecule has 5 nitrogen and oxygen atoms in total. The summed E-state index contributed by atoms with van der Waals surface area (Å²) in [7, 11) is 0. The van der Waals surface area contributed by atoms with Crippen LogP contribution in [0.5, 0.6) is 0 Å². The van der Waals surface area contributed by atoms with Gasteiger partial charge in [-0.2, -0.15) is 9.61 Å². The lowest BCUT2D eigenvalue weighted by Gasteiger charge is -2.16. The van der Waals surface area contributed by atoms with E-state index in [-0.39, 0.29) is 5.92 Å². The smallest absolute Gasteiger partial charge is 0.235 e. The lowest BCUT2D eigenvalue weighted by atomic mass is 9.89. The number of rotatable bonds is 5. The highest BCUT2D eigenvalue weighted by molar-refractivity contribution is 7.16. The molecule has 0 aliphatic heterocycles. The third-order valence-electron chi connectivity index (χ3n) is 5.46. The van der Waals surface area contributed by atoms with Crippen molar-refractivity contribution < 1.29 is 4.42 Å². The molecule has 0 fully saturated rings. The first kappa shape index (κ1) is 18.0. The number of nitrogens with zero attached hydrogens (tertiary/aromatic N) is 4. The lowest BCUT2D eigenvalue weighted by Crippen LogP contribution is -2.05. The van der Waals surface area contributed by atoms with Crippen molar-refractivity contribution in [1.29, 1.82) is 0 Å². The zero-order chi connectivity index (χ0) is 20.6. The van der Waals surface area contributed by atoms with E-state index < -0.39 is 0 Å². The number of hydrogen-bond donors (Lipinski definition) is 0. The second-order valence-electron chi connectivity index (χ2n) is 7.44. The summed E-state index contributed by atoms with van der Waals surface area (Å²) in [5.74, 6) is 1.53. The first-order chi connectivity index (χ1) is 15.3. The Balaban J connectivity index is 1.39. The minimum absolute atomic E-state index is 0.223. The van der Waals surface area contributed by atoms with Crippen molar-refractivity contribution in [2.45, 2.75) is 12.3 Å². The van der Waals surface area contributed by atoms with E-state index in [9.17, 15) is 0 Å². The van der Waals surface area contributed by atoms with Crippen LogP contribution in [-0.4, -0.2) is 19.8 Å². The summed E-state index contributed by atoms with van der Waals surface area (Å²) in [6.45, 7) is 0. The van der Waals surface area contributed by atoms with Gasteiger partial charge in [-0.15, -0.1) is 10.2 Å². The number of fused-ring (bicyclic) bond motifs is 2. The van der Waals surface area contributed by atoms with Crippen LogP contribution in [0.2, 0.25) is 0 Å². The van der Waals surface area contributed by atoms with Gasteiger partial charge in [-0.3, -0.25) is 0 Å². The van der Waals surface area contributed by atoms with Gasteiger partial charge in [-0.1, -0.05) is 90.2 Å². The second-order valence-corrected chi connectivity index (χ2v) is 8.48. The molecule has 3 aromatic carbocycles. The van der Waals surface area contributed by atoms with Gasteiger partial charge in [0.1, 0.15) is 10.6 Å². The Hall–Kier alpha value is -3.77. The molecule has 150 valence electrons. The van der Waals surface area contributed by atoms with E-state index in [4.69, 9.17) is 9.52 Å². The highest BCUT2D eigenvalue weighted by Gasteiger charge is 2.21. The minimum atomic E-state index is 0.223. The van der Waals surface area contributed by atoms with Crippen molar-refractivity contribution in [3.05, 3.63) is 107 Å². The predicted molar refractivity (Wildman–Crippen MR) is 122 cm³/mol. The SMILES string of the molecule is c1ccc(C(Cc2nn3c(-c4cc5ccccc5o4)nnc3s2)c2ccccc2)cc1. The number of para-hydroxylation sites is 1. The molecule has 0 N–H and O–H groups in total. The van der Waals surface area contributed by atoms with Crippen molar-refractivity contribution in [2.75, 3.05) is 0 Å². The van der Waals surface area contributed by atoms with Gasteiger partial charge in [-0.25, -0.2) is 0 Å². The maximum Gasteiger partial charge on any atom is 0.235 e. The Morgan fingerprint density at radius 3 is 2.19 bits per heavy atom. The van der Waals surface area contributed by atoms with E-state index >= 15 is 0 Å². The second kappa shape index (κ2) is 7.49. The van der Waals surface area contributed by atoms with E-state index in [0.717, 1.165) is 27.4 Å². The molecule has 6 heteroatoms. The first-order valence-electron chi connectivity index (χ1n) is 10.1. The fourth-order valence-corrected chi connectivity index (χ4v) is 4.84. The zero-order valence-corrected chi connectivity index (χ0v) is 17.4. The van der Waals surface area contributed by atoms with Gasteiger partial charge in [0, 0.05) is 17.7 Å². The molecular weight excluding hydrogens is 404 g/mol. The van der Waals surface area contributed by atoms with Crippen LogP contribution in [0.25, 0.3) is 27.5 Å². The topological polar surface area (TPSA) is 56.2 Å². The molecule has 0 unspecified atom stereocenters. The third-order valence-corrected chi connectivity index (χ3v) is 6.38. The Morgan fingerprint density at radius 2 is 1.48 bits per heavy atom. The van der Waals surface area contributed by atoms with Crippen LogP contribution in [0.15, 0.2) is 95.4 Å². The van der Waals surface area contributed by atoms with Gasteiger partial charge in [0.2, 0.25) is 10.8 Å². The van der Waals surface area contributed by atoms with Crippen molar-refractivity contribution in [3.8, 4) is 11.6 Å². The van der Waals surface area contributed by atoms with Crippen LogP contribution in [0.1, 0.15) is 22.1 Å². The molecule has 0 aliphatic rings. The van der Waals surface area contributed by atoms with Gasteiger partial charge in [-0.05, 0) is 23.3 Å². The highest BCUT2D eigenvalue weighted by atomic mass is 32.1. The van der Waals surface area contributed by atoms with E-state index in [1.807, 2.05) is 42.5 Å². The largest absolute Gasteiger partial charge is 0.453 e. The van der Waals surface area contributed by atoms with E-state index in [1.54, 1.807) is 15.9 Å². The maximum absolute atomic E-state index is 5.99. The predicted octanol–water partition coefficient (Wildman–Crippen LogP) is 5.97. The molecule has 6 rings (SSSR count). The Kier molecular flexibility index (Phi) is 4.35. The molecule has 0 saturated heterocycles. The molecule has 3 aromatic heterocycles. The Morgan fingerprint density at radius 1 is 0.806 bits per heavy atom. The van der Waals surface area contributed by atoms with E-state index in [0.29, 0.717) is 11.6 Å². The Bertz CT molecular complexity index is 1390. The monoisotopic (exact) mass is 422 g/mol. The van der Waals surface area contributed by atoms with Crippen LogP contribution < -0.4 is 0 Å². The molecule has 0 atom stereocenters. The van der Waals surface area contributed by atoms with Gasteiger partial charge in [0.05, 0.1) is 0 Å². The van der Waals surface area contributed by atoms with Crippen LogP contribution in [-0.2, 0) is 6.42 Å². The average Bonchev–Trinajstić information content (AvgIpc) is 3.52. The van der Waals surface area contributed by atoms with Gasteiger partial charge < -0.3 is 4.42 Å². The molecule has 0 radical (unpaired) electrons. The standard InChI is InChI=1S/C25H18N4OS/c1-3-9-17(10-4-1)20(18-11-5-2-6-12-18)16-23-28-29-24(26-27-25(29)31-23)22-15-19-13-7-8-14-21(19)30-22/h1-15,20H,16H2. The van der Waals surface area contributed by atoms with Gasteiger partial charge in [0.25, 0.3) is 0 Å². The minimum Gasteiger partial charge on any atom is -0.453 e. The summed E-state index contributed by atoms with van der Waals surface area (Å²) < 4.78 is 7.79. The van der Waals surface area contributed by atoms with E-state index in [2.05, 4.69) is 58.7 Å². The summed E-state index contributed by atoms with van der Waals surface area (Å²) in [5, 5.41) is 15.6. The Labute approximate surface area is 182 Å². The molecule has 0 saturated carbocycles. The average molecular weight is 423 g/mol. The molecule has 6 aromatic rings. The lowest BCUT2D eigenvalue weighted by molar-refractivity contribution is 0.621. The van der Waals surface area contributed by atoms with Crippen LogP contribution >= 0.6 is 11.3 Å². The molecule has 0 bridgehead atoms. The molecule has 0 amide bonds.